The molecule has 6 nitrogen and oxygen atoms in total. The van der Waals surface area contributed by atoms with E-state index in [0.29, 0.717) is 29.6 Å². The van der Waals surface area contributed by atoms with Crippen LogP contribution in [0.15, 0.2) is 42.5 Å². The van der Waals surface area contributed by atoms with Crippen LogP contribution in [0.4, 0.5) is 14.9 Å². The molecule has 8 heteroatoms. The highest BCUT2D eigenvalue weighted by molar-refractivity contribution is 6.88. The van der Waals surface area contributed by atoms with Crippen molar-refractivity contribution in [2.75, 3.05) is 19.0 Å². The SMILES string of the molecule is CCNC(=O)N[C@@H](C(=O)Nc1ccc([Si](C)(C)C)c(F)c1)c1ccc(COC)cc1. The third kappa shape index (κ3) is 6.40. The smallest absolute Gasteiger partial charge is 0.315 e. The first kappa shape index (κ1) is 23.6. The number of ether oxygens (including phenoxy) is 1. The molecule has 0 heterocycles. The van der Waals surface area contributed by atoms with Crippen molar-refractivity contribution in [3.8, 4) is 0 Å². The number of carbonyl (C=O) groups is 2. The van der Waals surface area contributed by atoms with E-state index < -0.39 is 26.1 Å². The molecule has 0 saturated carbocycles. The second kappa shape index (κ2) is 10.4. The van der Waals surface area contributed by atoms with Gasteiger partial charge < -0.3 is 20.7 Å². The van der Waals surface area contributed by atoms with Crippen LogP contribution in [0.5, 0.6) is 0 Å². The molecular formula is C22H30FN3O3Si. The minimum Gasteiger partial charge on any atom is -0.380 e. The van der Waals surface area contributed by atoms with Crippen LogP contribution in [-0.4, -0.2) is 33.7 Å². The molecule has 2 aromatic rings. The summed E-state index contributed by atoms with van der Waals surface area (Å²) in [6, 6.07) is 10.5. The van der Waals surface area contributed by atoms with Gasteiger partial charge >= 0.3 is 6.03 Å². The third-order valence-corrected chi connectivity index (χ3v) is 6.57. The summed E-state index contributed by atoms with van der Waals surface area (Å²) in [4.78, 5) is 25.0. The molecule has 0 radical (unpaired) electrons. The predicted octanol–water partition coefficient (Wildman–Crippen LogP) is 3.52. The molecule has 3 N–H and O–H groups in total. The maximum Gasteiger partial charge on any atom is 0.315 e. The van der Waals surface area contributed by atoms with Crippen molar-refractivity contribution in [1.29, 1.82) is 0 Å². The summed E-state index contributed by atoms with van der Waals surface area (Å²) < 4.78 is 19.6. The molecule has 2 rings (SSSR count). The Bertz CT molecular complexity index is 882. The normalized spacial score (nSPS) is 12.2. The highest BCUT2D eigenvalue weighted by atomic mass is 28.3. The summed E-state index contributed by atoms with van der Waals surface area (Å²) >= 11 is 0. The van der Waals surface area contributed by atoms with E-state index in [-0.39, 0.29) is 5.82 Å². The molecule has 0 aliphatic heterocycles. The number of nitrogens with one attached hydrogen (secondary N) is 3. The molecule has 0 bridgehead atoms. The van der Waals surface area contributed by atoms with E-state index in [9.17, 15) is 14.0 Å². The lowest BCUT2D eigenvalue weighted by Crippen LogP contribution is -2.42. The van der Waals surface area contributed by atoms with Gasteiger partial charge in [-0.05, 0) is 35.4 Å². The minimum atomic E-state index is -1.82. The average Bonchev–Trinajstić information content (AvgIpc) is 2.66. The van der Waals surface area contributed by atoms with Crippen LogP contribution in [0.25, 0.3) is 0 Å². The molecule has 1 atom stereocenters. The maximum atomic E-state index is 14.5. The Balaban J connectivity index is 2.26. The molecular weight excluding hydrogens is 401 g/mol. The number of benzene rings is 2. The first-order valence-electron chi connectivity index (χ1n) is 9.88. The fourth-order valence-corrected chi connectivity index (χ4v) is 4.40. The number of rotatable bonds is 8. The van der Waals surface area contributed by atoms with Gasteiger partial charge in [0.1, 0.15) is 11.9 Å². The Morgan fingerprint density at radius 1 is 1.10 bits per heavy atom. The molecule has 30 heavy (non-hydrogen) atoms. The van der Waals surface area contributed by atoms with Gasteiger partial charge in [0.2, 0.25) is 0 Å². The second-order valence-corrected chi connectivity index (χ2v) is 13.1. The molecule has 0 aliphatic carbocycles. The zero-order valence-electron chi connectivity index (χ0n) is 18.1. The van der Waals surface area contributed by atoms with Crippen molar-refractivity contribution in [3.63, 3.8) is 0 Å². The van der Waals surface area contributed by atoms with Crippen molar-refractivity contribution in [1.82, 2.24) is 10.6 Å². The summed E-state index contributed by atoms with van der Waals surface area (Å²) in [6.45, 7) is 8.84. The van der Waals surface area contributed by atoms with Crippen molar-refractivity contribution in [3.05, 3.63) is 59.4 Å². The Morgan fingerprint density at radius 3 is 2.30 bits per heavy atom. The number of anilines is 1. The largest absolute Gasteiger partial charge is 0.380 e. The van der Waals surface area contributed by atoms with Crippen LogP contribution in [0, 0.1) is 5.82 Å². The van der Waals surface area contributed by atoms with Gasteiger partial charge in [-0.2, -0.15) is 0 Å². The lowest BCUT2D eigenvalue weighted by Gasteiger charge is -2.21. The number of methoxy groups -OCH3 is 1. The predicted molar refractivity (Wildman–Crippen MR) is 120 cm³/mol. The summed E-state index contributed by atoms with van der Waals surface area (Å²) in [5.41, 5.74) is 1.90. The van der Waals surface area contributed by atoms with Gasteiger partial charge in [0, 0.05) is 19.3 Å². The number of carbonyl (C=O) groups excluding carboxylic acids is 2. The molecule has 0 saturated heterocycles. The van der Waals surface area contributed by atoms with Crippen LogP contribution in [-0.2, 0) is 16.1 Å². The van der Waals surface area contributed by atoms with Crippen LogP contribution < -0.4 is 21.1 Å². The molecule has 0 unspecified atom stereocenters. The summed E-state index contributed by atoms with van der Waals surface area (Å²) in [5.74, 6) is -0.787. The van der Waals surface area contributed by atoms with Crippen molar-refractivity contribution in [2.45, 2.75) is 39.2 Å². The average molecular weight is 432 g/mol. The first-order valence-corrected chi connectivity index (χ1v) is 13.4. The quantitative estimate of drug-likeness (QED) is 0.560. The Morgan fingerprint density at radius 2 is 1.77 bits per heavy atom. The van der Waals surface area contributed by atoms with Gasteiger partial charge in [0.05, 0.1) is 14.7 Å². The molecule has 2 aromatic carbocycles. The Labute approximate surface area is 178 Å². The number of hydrogen-bond donors (Lipinski definition) is 3. The fourth-order valence-electron chi connectivity index (χ4n) is 3.03. The summed E-state index contributed by atoms with van der Waals surface area (Å²) in [6.07, 6.45) is 0. The van der Waals surface area contributed by atoms with E-state index in [2.05, 4.69) is 35.6 Å². The van der Waals surface area contributed by atoms with Crippen LogP contribution in [0.3, 0.4) is 0 Å². The van der Waals surface area contributed by atoms with Crippen LogP contribution in [0.1, 0.15) is 24.1 Å². The number of hydrogen-bond acceptors (Lipinski definition) is 3. The van der Waals surface area contributed by atoms with Gasteiger partial charge in [0.15, 0.2) is 0 Å². The van der Waals surface area contributed by atoms with E-state index in [1.54, 1.807) is 38.3 Å². The highest BCUT2D eigenvalue weighted by Crippen LogP contribution is 2.19. The van der Waals surface area contributed by atoms with Gasteiger partial charge in [-0.15, -0.1) is 0 Å². The zero-order chi connectivity index (χ0) is 22.3. The molecule has 0 aliphatic rings. The Kier molecular flexibility index (Phi) is 8.13. The standard InChI is InChI=1S/C22H30FN3O3Si/c1-6-24-22(28)26-20(16-9-7-15(8-10-16)14-29-2)21(27)25-17-11-12-19(18(23)13-17)30(3,4)5/h7-13,20H,6,14H2,1-5H3,(H,25,27)(H2,24,26,28)/t20-/m1/s1. The summed E-state index contributed by atoms with van der Waals surface area (Å²) in [5, 5.41) is 8.72. The Hall–Kier alpha value is -2.71. The van der Waals surface area contributed by atoms with Gasteiger partial charge in [-0.1, -0.05) is 50.0 Å². The van der Waals surface area contributed by atoms with Gasteiger partial charge in [-0.25, -0.2) is 9.18 Å². The van der Waals surface area contributed by atoms with Crippen molar-refractivity contribution < 1.29 is 18.7 Å². The van der Waals surface area contributed by atoms with E-state index in [0.717, 1.165) is 5.56 Å². The molecule has 162 valence electrons. The molecule has 0 fully saturated rings. The fraction of sp³-hybridized carbons (Fsp3) is 0.364. The van der Waals surface area contributed by atoms with E-state index in [4.69, 9.17) is 4.74 Å². The minimum absolute atomic E-state index is 0.330. The van der Waals surface area contributed by atoms with Crippen LogP contribution >= 0.6 is 0 Å². The number of urea groups is 1. The monoisotopic (exact) mass is 431 g/mol. The van der Waals surface area contributed by atoms with Crippen molar-refractivity contribution >= 4 is 30.9 Å². The lowest BCUT2D eigenvalue weighted by molar-refractivity contribution is -0.118. The topological polar surface area (TPSA) is 79.5 Å². The summed E-state index contributed by atoms with van der Waals surface area (Å²) in [7, 11) is -0.217. The van der Waals surface area contributed by atoms with E-state index >= 15 is 0 Å². The van der Waals surface area contributed by atoms with Crippen molar-refractivity contribution in [2.24, 2.45) is 0 Å². The lowest BCUT2D eigenvalue weighted by atomic mass is 10.0. The highest BCUT2D eigenvalue weighted by Gasteiger charge is 2.24. The number of halogens is 1. The van der Waals surface area contributed by atoms with Gasteiger partial charge in [-0.3, -0.25) is 4.79 Å². The first-order chi connectivity index (χ1) is 14.2. The van der Waals surface area contributed by atoms with E-state index in [1.807, 2.05) is 12.1 Å². The number of amides is 3. The van der Waals surface area contributed by atoms with Gasteiger partial charge in [0.25, 0.3) is 5.91 Å². The molecule has 3 amide bonds. The maximum absolute atomic E-state index is 14.5. The molecule has 0 aromatic heterocycles. The third-order valence-electron chi connectivity index (χ3n) is 4.54. The second-order valence-electron chi connectivity index (χ2n) is 8.05. The van der Waals surface area contributed by atoms with E-state index in [1.165, 1.54) is 6.07 Å². The van der Waals surface area contributed by atoms with Crippen LogP contribution in [0.2, 0.25) is 19.6 Å². The zero-order valence-corrected chi connectivity index (χ0v) is 19.1. The molecule has 0 spiro atoms.